The topological polar surface area (TPSA) is 104 Å². The second kappa shape index (κ2) is 5.80. The van der Waals surface area contributed by atoms with Crippen molar-refractivity contribution in [3.05, 3.63) is 68.7 Å². The van der Waals surface area contributed by atoms with E-state index in [1.807, 2.05) is 0 Å². The van der Waals surface area contributed by atoms with E-state index < -0.39 is 17.0 Å². The van der Waals surface area contributed by atoms with Crippen LogP contribution in [0.2, 0.25) is 0 Å². The molecule has 0 saturated carbocycles. The van der Waals surface area contributed by atoms with Crippen LogP contribution in [0.15, 0.2) is 52.1 Å². The molecule has 116 valence electrons. The van der Waals surface area contributed by atoms with E-state index in [4.69, 9.17) is 4.74 Å². The summed E-state index contributed by atoms with van der Waals surface area (Å²) in [5.41, 5.74) is -0.345. The van der Waals surface area contributed by atoms with Gasteiger partial charge in [-0.15, -0.1) is 0 Å². The summed E-state index contributed by atoms with van der Waals surface area (Å²) in [7, 11) is 1.47. The standard InChI is InChI=1S/C16H13N3O4/c1-23-12-8-3-2-5-9(12)14(20)17-11-7-4-6-10-13(11)16(22)19-18-15(10)21/h2-8H,1H3,(H,17,20)(H,18,21)(H,19,22). The van der Waals surface area contributed by atoms with Crippen molar-refractivity contribution in [2.75, 3.05) is 12.4 Å². The number of amides is 1. The Hall–Kier alpha value is -3.35. The number of methoxy groups -OCH3 is 1. The third kappa shape index (κ3) is 2.59. The molecule has 0 spiro atoms. The summed E-state index contributed by atoms with van der Waals surface area (Å²) < 4.78 is 5.15. The first-order valence-corrected chi connectivity index (χ1v) is 6.80. The molecule has 0 bridgehead atoms. The molecule has 3 N–H and O–H groups in total. The van der Waals surface area contributed by atoms with Gasteiger partial charge >= 0.3 is 0 Å². The van der Waals surface area contributed by atoms with Crippen molar-refractivity contribution in [1.82, 2.24) is 10.2 Å². The zero-order valence-corrected chi connectivity index (χ0v) is 12.2. The van der Waals surface area contributed by atoms with Crippen LogP contribution in [0.1, 0.15) is 10.4 Å². The van der Waals surface area contributed by atoms with Gasteiger partial charge in [0.2, 0.25) is 0 Å². The summed E-state index contributed by atoms with van der Waals surface area (Å²) in [6.45, 7) is 0. The molecule has 1 heterocycles. The van der Waals surface area contributed by atoms with E-state index >= 15 is 0 Å². The minimum absolute atomic E-state index is 0.125. The molecule has 0 fully saturated rings. The first-order valence-electron chi connectivity index (χ1n) is 6.80. The van der Waals surface area contributed by atoms with E-state index in [0.717, 1.165) is 0 Å². The third-order valence-corrected chi connectivity index (χ3v) is 3.43. The Morgan fingerprint density at radius 1 is 1.00 bits per heavy atom. The Bertz CT molecular complexity index is 1000. The van der Waals surface area contributed by atoms with Gasteiger partial charge < -0.3 is 10.1 Å². The Kier molecular flexibility index (Phi) is 3.68. The number of aromatic nitrogens is 2. The van der Waals surface area contributed by atoms with Gasteiger partial charge in [-0.05, 0) is 24.3 Å². The first kappa shape index (κ1) is 14.6. The van der Waals surface area contributed by atoms with E-state index in [1.165, 1.54) is 13.2 Å². The minimum atomic E-state index is -0.490. The molecular formula is C16H13N3O4. The van der Waals surface area contributed by atoms with Gasteiger partial charge in [0.05, 0.1) is 29.1 Å². The van der Waals surface area contributed by atoms with Gasteiger partial charge in [-0.3, -0.25) is 24.6 Å². The second-order valence-electron chi connectivity index (χ2n) is 4.79. The smallest absolute Gasteiger partial charge is 0.272 e. The number of nitrogens with one attached hydrogen (secondary N) is 3. The Morgan fingerprint density at radius 2 is 1.74 bits per heavy atom. The number of benzene rings is 2. The average molecular weight is 311 g/mol. The lowest BCUT2D eigenvalue weighted by Crippen LogP contribution is -2.21. The molecule has 2 aromatic carbocycles. The van der Waals surface area contributed by atoms with Crippen LogP contribution in [0.3, 0.4) is 0 Å². The van der Waals surface area contributed by atoms with Gasteiger partial charge in [0.25, 0.3) is 17.0 Å². The summed E-state index contributed by atoms with van der Waals surface area (Å²) >= 11 is 0. The molecule has 0 aliphatic carbocycles. The summed E-state index contributed by atoms with van der Waals surface area (Å²) in [4.78, 5) is 36.2. The molecular weight excluding hydrogens is 298 g/mol. The van der Waals surface area contributed by atoms with Crippen molar-refractivity contribution >= 4 is 22.4 Å². The van der Waals surface area contributed by atoms with Crippen LogP contribution in [0.25, 0.3) is 10.8 Å². The SMILES string of the molecule is COc1ccccc1C(=O)Nc1cccc2c(=O)[nH][nH]c(=O)c12. The van der Waals surface area contributed by atoms with Crippen LogP contribution < -0.4 is 21.2 Å². The van der Waals surface area contributed by atoms with Crippen molar-refractivity contribution in [2.45, 2.75) is 0 Å². The molecule has 1 aromatic heterocycles. The van der Waals surface area contributed by atoms with Crippen LogP contribution >= 0.6 is 0 Å². The highest BCUT2D eigenvalue weighted by atomic mass is 16.5. The number of anilines is 1. The fourth-order valence-electron chi connectivity index (χ4n) is 2.36. The molecule has 0 radical (unpaired) electrons. The lowest BCUT2D eigenvalue weighted by atomic mass is 10.1. The molecule has 23 heavy (non-hydrogen) atoms. The number of hydrogen-bond acceptors (Lipinski definition) is 4. The summed E-state index contributed by atoms with van der Waals surface area (Å²) in [6, 6.07) is 11.4. The number of para-hydroxylation sites is 1. The summed E-state index contributed by atoms with van der Waals surface area (Å²) in [5.74, 6) is -0.0216. The largest absolute Gasteiger partial charge is 0.496 e. The lowest BCUT2D eigenvalue weighted by molar-refractivity contribution is 0.102. The number of fused-ring (bicyclic) bond motifs is 1. The number of carbonyl (C=O) groups is 1. The van der Waals surface area contributed by atoms with E-state index in [1.54, 1.807) is 36.4 Å². The van der Waals surface area contributed by atoms with Crippen LogP contribution in [-0.4, -0.2) is 23.2 Å². The Balaban J connectivity index is 2.09. The van der Waals surface area contributed by atoms with Gasteiger partial charge in [-0.1, -0.05) is 18.2 Å². The second-order valence-corrected chi connectivity index (χ2v) is 4.79. The van der Waals surface area contributed by atoms with Crippen LogP contribution in [0, 0.1) is 0 Å². The lowest BCUT2D eigenvalue weighted by Gasteiger charge is -2.10. The maximum absolute atomic E-state index is 12.4. The van der Waals surface area contributed by atoms with E-state index in [2.05, 4.69) is 15.5 Å². The highest BCUT2D eigenvalue weighted by Gasteiger charge is 2.15. The van der Waals surface area contributed by atoms with Crippen LogP contribution in [-0.2, 0) is 0 Å². The number of rotatable bonds is 3. The molecule has 0 aliphatic rings. The van der Waals surface area contributed by atoms with Crippen molar-refractivity contribution in [2.24, 2.45) is 0 Å². The molecule has 7 nitrogen and oxygen atoms in total. The van der Waals surface area contributed by atoms with E-state index in [-0.39, 0.29) is 16.5 Å². The summed E-state index contributed by atoms with van der Waals surface area (Å²) in [5, 5.41) is 7.47. The number of ether oxygens (including phenoxy) is 1. The van der Waals surface area contributed by atoms with Crippen molar-refractivity contribution < 1.29 is 9.53 Å². The quantitative estimate of drug-likeness (QED) is 0.681. The molecule has 0 atom stereocenters. The third-order valence-electron chi connectivity index (χ3n) is 3.43. The molecule has 1 amide bonds. The number of hydrogen-bond donors (Lipinski definition) is 3. The molecule has 3 aromatic rings. The predicted octanol–water partition coefficient (Wildman–Crippen LogP) is 1.48. The van der Waals surface area contributed by atoms with Crippen molar-refractivity contribution in [1.29, 1.82) is 0 Å². The fourth-order valence-corrected chi connectivity index (χ4v) is 2.36. The maximum atomic E-state index is 12.4. The molecule has 0 aliphatic heterocycles. The number of aromatic amines is 2. The zero-order chi connectivity index (χ0) is 16.4. The zero-order valence-electron chi connectivity index (χ0n) is 12.2. The van der Waals surface area contributed by atoms with Gasteiger partial charge in [-0.25, -0.2) is 0 Å². The molecule has 0 saturated heterocycles. The fraction of sp³-hybridized carbons (Fsp3) is 0.0625. The van der Waals surface area contributed by atoms with Gasteiger partial charge in [-0.2, -0.15) is 0 Å². The van der Waals surface area contributed by atoms with Crippen molar-refractivity contribution in [3.63, 3.8) is 0 Å². The van der Waals surface area contributed by atoms with Crippen molar-refractivity contribution in [3.8, 4) is 5.75 Å². The van der Waals surface area contributed by atoms with Crippen LogP contribution in [0.4, 0.5) is 5.69 Å². The van der Waals surface area contributed by atoms with E-state index in [9.17, 15) is 14.4 Å². The molecule has 0 unspecified atom stereocenters. The highest BCUT2D eigenvalue weighted by molar-refractivity contribution is 6.10. The Labute approximate surface area is 129 Å². The van der Waals surface area contributed by atoms with Gasteiger partial charge in [0, 0.05) is 0 Å². The molecule has 3 rings (SSSR count). The highest BCUT2D eigenvalue weighted by Crippen LogP contribution is 2.21. The normalized spacial score (nSPS) is 10.5. The summed E-state index contributed by atoms with van der Waals surface area (Å²) in [6.07, 6.45) is 0. The monoisotopic (exact) mass is 311 g/mol. The number of H-pyrrole nitrogens is 2. The number of carbonyl (C=O) groups excluding carboxylic acids is 1. The minimum Gasteiger partial charge on any atom is -0.496 e. The van der Waals surface area contributed by atoms with Gasteiger partial charge in [0.15, 0.2) is 0 Å². The maximum Gasteiger partial charge on any atom is 0.272 e. The van der Waals surface area contributed by atoms with Crippen LogP contribution in [0.5, 0.6) is 5.75 Å². The first-order chi connectivity index (χ1) is 11.1. The Morgan fingerprint density at radius 3 is 2.52 bits per heavy atom. The average Bonchev–Trinajstić information content (AvgIpc) is 2.58. The van der Waals surface area contributed by atoms with E-state index in [0.29, 0.717) is 11.3 Å². The molecule has 7 heteroatoms. The predicted molar refractivity (Wildman–Crippen MR) is 86.1 cm³/mol. The van der Waals surface area contributed by atoms with Gasteiger partial charge in [0.1, 0.15) is 5.75 Å².